The lowest BCUT2D eigenvalue weighted by atomic mass is 9.89. The third-order valence-corrected chi connectivity index (χ3v) is 5.67. The lowest BCUT2D eigenvalue weighted by Gasteiger charge is -2.24. The molecule has 0 aliphatic carbocycles. The Morgan fingerprint density at radius 2 is 1.79 bits per heavy atom. The largest absolute Gasteiger partial charge is 0.462 e. The minimum absolute atomic E-state index is 0.0545. The zero-order chi connectivity index (χ0) is 24.1. The molecule has 2 heterocycles. The standard InChI is InChI=1S/C25H20F3NO4/c1-4-33-24(32)18-12-29-11-16(10-15-5-7-17(8-6-15)25(26,27)28)22(30)19-13(2)9-14(3)20(21(19)29)23(18)31/h5-10,12H,4,11H2,1-3H3/b16-10+. The lowest BCUT2D eigenvalue weighted by molar-refractivity contribution is -0.137. The number of aryl methyl sites for hydroxylation is 2. The highest BCUT2D eigenvalue weighted by molar-refractivity contribution is 6.20. The third-order valence-electron chi connectivity index (χ3n) is 5.67. The van der Waals surface area contributed by atoms with Crippen molar-refractivity contribution in [1.29, 1.82) is 0 Å². The number of ketones is 1. The normalized spacial score (nSPS) is 14.7. The molecule has 0 N–H and O–H groups in total. The van der Waals surface area contributed by atoms with E-state index in [9.17, 15) is 27.6 Å². The number of esters is 1. The molecule has 0 unspecified atom stereocenters. The molecule has 1 aliphatic heterocycles. The Morgan fingerprint density at radius 3 is 2.39 bits per heavy atom. The van der Waals surface area contributed by atoms with E-state index in [2.05, 4.69) is 0 Å². The second kappa shape index (κ2) is 8.03. The first kappa shape index (κ1) is 22.5. The average Bonchev–Trinajstić information content (AvgIpc) is 2.73. The molecule has 4 rings (SSSR count). The predicted octanol–water partition coefficient (Wildman–Crippen LogP) is 5.09. The van der Waals surface area contributed by atoms with Crippen molar-refractivity contribution in [1.82, 2.24) is 4.57 Å². The molecule has 0 saturated heterocycles. The quantitative estimate of drug-likeness (QED) is 0.408. The van der Waals surface area contributed by atoms with Crippen LogP contribution in [0.25, 0.3) is 17.0 Å². The van der Waals surface area contributed by atoms with Gasteiger partial charge in [0.05, 0.1) is 29.6 Å². The van der Waals surface area contributed by atoms with Crippen LogP contribution in [-0.4, -0.2) is 22.9 Å². The van der Waals surface area contributed by atoms with E-state index >= 15 is 0 Å². The van der Waals surface area contributed by atoms with Crippen LogP contribution < -0.4 is 5.43 Å². The van der Waals surface area contributed by atoms with E-state index in [4.69, 9.17) is 4.74 Å². The molecule has 170 valence electrons. The first-order valence-corrected chi connectivity index (χ1v) is 10.3. The molecule has 1 aromatic heterocycles. The van der Waals surface area contributed by atoms with Gasteiger partial charge in [-0.25, -0.2) is 4.79 Å². The number of aromatic nitrogens is 1. The first-order chi connectivity index (χ1) is 15.5. The topological polar surface area (TPSA) is 65.4 Å². The fourth-order valence-corrected chi connectivity index (χ4v) is 4.22. The number of nitrogens with zero attached hydrogens (tertiary/aromatic N) is 1. The van der Waals surface area contributed by atoms with Gasteiger partial charge < -0.3 is 9.30 Å². The molecule has 3 aromatic rings. The maximum Gasteiger partial charge on any atom is 0.416 e. The second-order valence-corrected chi connectivity index (χ2v) is 7.95. The second-order valence-electron chi connectivity index (χ2n) is 7.95. The van der Waals surface area contributed by atoms with E-state index in [0.717, 1.165) is 12.1 Å². The average molecular weight is 455 g/mol. The van der Waals surface area contributed by atoms with Gasteiger partial charge in [0.15, 0.2) is 5.78 Å². The smallest absolute Gasteiger partial charge is 0.416 e. The summed E-state index contributed by atoms with van der Waals surface area (Å²) in [5.74, 6) is -1.06. The summed E-state index contributed by atoms with van der Waals surface area (Å²) in [5.41, 5.74) is 1.44. The number of pyridine rings is 1. The van der Waals surface area contributed by atoms with Crippen molar-refractivity contribution < 1.29 is 27.5 Å². The molecule has 0 saturated carbocycles. The van der Waals surface area contributed by atoms with Crippen LogP contribution >= 0.6 is 0 Å². The molecule has 5 nitrogen and oxygen atoms in total. The van der Waals surface area contributed by atoms with Gasteiger partial charge in [-0.05, 0) is 55.7 Å². The van der Waals surface area contributed by atoms with E-state index in [1.807, 2.05) is 0 Å². The van der Waals surface area contributed by atoms with Crippen LogP contribution in [0.1, 0.15) is 49.9 Å². The van der Waals surface area contributed by atoms with Gasteiger partial charge in [-0.2, -0.15) is 13.2 Å². The highest BCUT2D eigenvalue weighted by Crippen LogP contribution is 2.33. The minimum atomic E-state index is -4.45. The van der Waals surface area contributed by atoms with Crippen molar-refractivity contribution in [2.24, 2.45) is 0 Å². The monoisotopic (exact) mass is 455 g/mol. The third kappa shape index (κ3) is 3.86. The Labute approximate surface area is 187 Å². The number of allylic oxidation sites excluding steroid dienone is 1. The SMILES string of the molecule is CCOC(=O)c1cn2c3c(c(C)cc(C)c3c1=O)C(=O)/C(=C/c1ccc(C(F)(F)F)cc1)C2. The number of carbonyl (C=O) groups is 2. The fourth-order valence-electron chi connectivity index (χ4n) is 4.22. The van der Waals surface area contributed by atoms with E-state index in [1.165, 1.54) is 24.4 Å². The summed E-state index contributed by atoms with van der Waals surface area (Å²) in [5, 5.41) is 0.281. The van der Waals surface area contributed by atoms with Crippen molar-refractivity contribution in [2.75, 3.05) is 6.61 Å². The van der Waals surface area contributed by atoms with E-state index in [1.54, 1.807) is 31.4 Å². The summed E-state index contributed by atoms with van der Waals surface area (Å²) in [6, 6.07) is 6.23. The summed E-state index contributed by atoms with van der Waals surface area (Å²) >= 11 is 0. The van der Waals surface area contributed by atoms with Crippen molar-refractivity contribution in [3.8, 4) is 0 Å². The number of benzene rings is 2. The van der Waals surface area contributed by atoms with Crippen molar-refractivity contribution in [2.45, 2.75) is 33.5 Å². The number of hydrogen-bond donors (Lipinski definition) is 0. The summed E-state index contributed by atoms with van der Waals surface area (Å²) in [7, 11) is 0. The van der Waals surface area contributed by atoms with Gasteiger partial charge in [-0.1, -0.05) is 18.2 Å². The van der Waals surface area contributed by atoms with Crippen LogP contribution in [0.15, 0.2) is 46.9 Å². The molecule has 8 heteroatoms. The number of alkyl halides is 3. The maximum absolute atomic E-state index is 13.3. The highest BCUT2D eigenvalue weighted by atomic mass is 19.4. The van der Waals surface area contributed by atoms with Gasteiger partial charge in [-0.3, -0.25) is 9.59 Å². The fraction of sp³-hybridized carbons (Fsp3) is 0.240. The summed E-state index contributed by atoms with van der Waals surface area (Å²) < 4.78 is 45.3. The highest BCUT2D eigenvalue weighted by Gasteiger charge is 2.31. The minimum Gasteiger partial charge on any atom is -0.462 e. The van der Waals surface area contributed by atoms with E-state index < -0.39 is 23.1 Å². The maximum atomic E-state index is 13.3. The van der Waals surface area contributed by atoms with Crippen LogP contribution in [0.2, 0.25) is 0 Å². The van der Waals surface area contributed by atoms with Gasteiger partial charge in [0.25, 0.3) is 0 Å². The predicted molar refractivity (Wildman–Crippen MR) is 117 cm³/mol. The molecule has 0 bridgehead atoms. The molecule has 0 atom stereocenters. The number of rotatable bonds is 3. The van der Waals surface area contributed by atoms with Crippen LogP contribution in [0.5, 0.6) is 0 Å². The summed E-state index contributed by atoms with van der Waals surface area (Å²) in [6.45, 7) is 5.29. The molecule has 0 radical (unpaired) electrons. The first-order valence-electron chi connectivity index (χ1n) is 10.3. The van der Waals surface area contributed by atoms with Gasteiger partial charge in [0.2, 0.25) is 5.43 Å². The van der Waals surface area contributed by atoms with Crippen LogP contribution in [0.4, 0.5) is 13.2 Å². The van der Waals surface area contributed by atoms with Gasteiger partial charge in [0, 0.05) is 17.3 Å². The van der Waals surface area contributed by atoms with Crippen LogP contribution in [-0.2, 0) is 17.5 Å². The molecule has 2 aromatic carbocycles. The molecular weight excluding hydrogens is 435 g/mol. The number of Topliss-reactive ketones (excluding diaryl/α,β-unsaturated/α-hetero) is 1. The van der Waals surface area contributed by atoms with Crippen LogP contribution in [0.3, 0.4) is 0 Å². The molecule has 33 heavy (non-hydrogen) atoms. The van der Waals surface area contributed by atoms with Gasteiger partial charge in [0.1, 0.15) is 5.56 Å². The molecule has 1 aliphatic rings. The number of carbonyl (C=O) groups excluding carboxylic acids is 2. The molecule has 0 spiro atoms. The summed E-state index contributed by atoms with van der Waals surface area (Å²) in [6.07, 6.45) is -1.54. The van der Waals surface area contributed by atoms with Crippen molar-refractivity contribution in [3.05, 3.63) is 85.7 Å². The van der Waals surface area contributed by atoms with Gasteiger partial charge >= 0.3 is 12.1 Å². The van der Waals surface area contributed by atoms with Crippen LogP contribution in [0, 0.1) is 13.8 Å². The zero-order valence-corrected chi connectivity index (χ0v) is 18.2. The van der Waals surface area contributed by atoms with Crippen molar-refractivity contribution >= 4 is 28.7 Å². The Balaban J connectivity index is 1.90. The Hall–Kier alpha value is -3.68. The van der Waals surface area contributed by atoms with E-state index in [0.29, 0.717) is 33.3 Å². The number of hydrogen-bond acceptors (Lipinski definition) is 4. The molecule has 0 amide bonds. The number of halogens is 3. The van der Waals surface area contributed by atoms with Crippen molar-refractivity contribution in [3.63, 3.8) is 0 Å². The zero-order valence-electron chi connectivity index (χ0n) is 18.2. The molecule has 0 fully saturated rings. The Bertz CT molecular complexity index is 1400. The van der Waals surface area contributed by atoms with Gasteiger partial charge in [-0.15, -0.1) is 0 Å². The lowest BCUT2D eigenvalue weighted by Crippen LogP contribution is -2.27. The van der Waals surface area contributed by atoms with E-state index in [-0.39, 0.29) is 29.9 Å². The molecular formula is C25H20F3NO4. The summed E-state index contributed by atoms with van der Waals surface area (Å²) in [4.78, 5) is 38.8. The Kier molecular flexibility index (Phi) is 5.47. The number of ether oxygens (including phenoxy) is 1. The Morgan fingerprint density at radius 1 is 1.12 bits per heavy atom.